The predicted molar refractivity (Wildman–Crippen MR) is 59.3 cm³/mol. The molecule has 1 aromatic rings. The molecular formula is C11H12BrN. The molecule has 0 unspecified atom stereocenters. The predicted octanol–water partition coefficient (Wildman–Crippen LogP) is 2.51. The number of benzene rings is 1. The highest BCUT2D eigenvalue weighted by molar-refractivity contribution is 9.10. The van der Waals surface area contributed by atoms with Gasteiger partial charge in [-0.15, -0.1) is 6.42 Å². The van der Waals surface area contributed by atoms with Crippen LogP contribution in [0.25, 0.3) is 0 Å². The van der Waals surface area contributed by atoms with Crippen LogP contribution in [-0.2, 0) is 6.54 Å². The highest BCUT2D eigenvalue weighted by Crippen LogP contribution is 2.11. The molecule has 0 fully saturated rings. The molecule has 0 saturated carbocycles. The lowest BCUT2D eigenvalue weighted by atomic mass is 10.2. The van der Waals surface area contributed by atoms with Crippen LogP contribution in [-0.4, -0.2) is 18.5 Å². The third-order valence-electron chi connectivity index (χ3n) is 1.73. The average molecular weight is 238 g/mol. The molecular weight excluding hydrogens is 226 g/mol. The molecule has 0 amide bonds. The summed E-state index contributed by atoms with van der Waals surface area (Å²) in [5.41, 5.74) is 1.28. The van der Waals surface area contributed by atoms with Crippen molar-refractivity contribution in [3.63, 3.8) is 0 Å². The van der Waals surface area contributed by atoms with Crippen LogP contribution in [0, 0.1) is 12.3 Å². The molecule has 0 N–H and O–H groups in total. The normalized spacial score (nSPS) is 10.0. The van der Waals surface area contributed by atoms with E-state index >= 15 is 0 Å². The Balaban J connectivity index is 2.55. The molecule has 1 rings (SSSR count). The maximum atomic E-state index is 5.21. The van der Waals surface area contributed by atoms with Crippen molar-refractivity contribution in [3.8, 4) is 12.3 Å². The summed E-state index contributed by atoms with van der Waals surface area (Å²) >= 11 is 3.40. The van der Waals surface area contributed by atoms with Gasteiger partial charge in [-0.25, -0.2) is 0 Å². The molecule has 0 bridgehead atoms. The van der Waals surface area contributed by atoms with Gasteiger partial charge in [-0.1, -0.05) is 34.0 Å². The Kier molecular flexibility index (Phi) is 4.01. The van der Waals surface area contributed by atoms with Crippen LogP contribution in [0.15, 0.2) is 28.7 Å². The van der Waals surface area contributed by atoms with Crippen molar-refractivity contribution in [2.24, 2.45) is 0 Å². The zero-order chi connectivity index (χ0) is 9.68. The summed E-state index contributed by atoms with van der Waals surface area (Å²) < 4.78 is 1.11. The van der Waals surface area contributed by atoms with E-state index in [0.717, 1.165) is 11.0 Å². The Morgan fingerprint density at radius 3 is 2.54 bits per heavy atom. The van der Waals surface area contributed by atoms with Crippen LogP contribution >= 0.6 is 15.9 Å². The van der Waals surface area contributed by atoms with E-state index in [4.69, 9.17) is 6.42 Å². The smallest absolute Gasteiger partial charge is 0.0599 e. The van der Waals surface area contributed by atoms with Gasteiger partial charge in [0.05, 0.1) is 6.54 Å². The summed E-state index contributed by atoms with van der Waals surface area (Å²) in [7, 11) is 2.02. The average Bonchev–Trinajstić information content (AvgIpc) is 2.09. The molecule has 0 spiro atoms. The van der Waals surface area contributed by atoms with Crippen LogP contribution in [0.4, 0.5) is 0 Å². The topological polar surface area (TPSA) is 3.24 Å². The van der Waals surface area contributed by atoms with Gasteiger partial charge in [0.2, 0.25) is 0 Å². The van der Waals surface area contributed by atoms with Crippen molar-refractivity contribution < 1.29 is 0 Å². The molecule has 0 atom stereocenters. The van der Waals surface area contributed by atoms with Crippen LogP contribution in [0.5, 0.6) is 0 Å². The van der Waals surface area contributed by atoms with Crippen molar-refractivity contribution in [2.75, 3.05) is 13.6 Å². The largest absolute Gasteiger partial charge is 0.291 e. The van der Waals surface area contributed by atoms with E-state index in [2.05, 4.69) is 38.9 Å². The zero-order valence-corrected chi connectivity index (χ0v) is 9.21. The molecule has 0 aliphatic heterocycles. The van der Waals surface area contributed by atoms with E-state index in [1.54, 1.807) is 0 Å². The molecule has 0 aliphatic carbocycles. The molecule has 0 heterocycles. The SMILES string of the molecule is C#CCN(C)Cc1ccc(Br)cc1. The highest BCUT2D eigenvalue weighted by Gasteiger charge is 1.97. The quantitative estimate of drug-likeness (QED) is 0.731. The summed E-state index contributed by atoms with van der Waals surface area (Å²) in [6.45, 7) is 1.59. The van der Waals surface area contributed by atoms with Crippen molar-refractivity contribution >= 4 is 15.9 Å². The lowest BCUT2D eigenvalue weighted by molar-refractivity contribution is 0.369. The van der Waals surface area contributed by atoms with E-state index in [0.29, 0.717) is 6.54 Å². The number of rotatable bonds is 3. The van der Waals surface area contributed by atoms with Gasteiger partial charge in [0.1, 0.15) is 0 Å². The van der Waals surface area contributed by atoms with Crippen LogP contribution in [0.1, 0.15) is 5.56 Å². The van der Waals surface area contributed by atoms with Gasteiger partial charge in [-0.3, -0.25) is 4.90 Å². The Bertz CT molecular complexity index is 297. The molecule has 1 aromatic carbocycles. The molecule has 1 nitrogen and oxygen atoms in total. The van der Waals surface area contributed by atoms with E-state index in [9.17, 15) is 0 Å². The van der Waals surface area contributed by atoms with Gasteiger partial charge in [0.15, 0.2) is 0 Å². The van der Waals surface area contributed by atoms with Gasteiger partial charge >= 0.3 is 0 Å². The standard InChI is InChI=1S/C11H12BrN/c1-3-8-13(2)9-10-4-6-11(12)7-5-10/h1,4-7H,8-9H2,2H3. The van der Waals surface area contributed by atoms with Crippen molar-refractivity contribution in [1.29, 1.82) is 0 Å². The first kappa shape index (κ1) is 10.3. The minimum atomic E-state index is 0.691. The van der Waals surface area contributed by atoms with Crippen LogP contribution in [0.3, 0.4) is 0 Å². The van der Waals surface area contributed by atoms with E-state index < -0.39 is 0 Å². The van der Waals surface area contributed by atoms with E-state index in [1.807, 2.05) is 19.2 Å². The molecule has 2 heteroatoms. The van der Waals surface area contributed by atoms with Gasteiger partial charge in [0.25, 0.3) is 0 Å². The van der Waals surface area contributed by atoms with Crippen molar-refractivity contribution in [2.45, 2.75) is 6.54 Å². The second-order valence-electron chi connectivity index (χ2n) is 3.00. The Morgan fingerprint density at radius 2 is 2.00 bits per heavy atom. The fraction of sp³-hybridized carbons (Fsp3) is 0.273. The van der Waals surface area contributed by atoms with E-state index in [-0.39, 0.29) is 0 Å². The Labute approximate surface area is 87.9 Å². The molecule has 13 heavy (non-hydrogen) atoms. The summed E-state index contributed by atoms with van der Waals surface area (Å²) in [6, 6.07) is 8.27. The molecule has 0 saturated heterocycles. The molecule has 0 radical (unpaired) electrons. The summed E-state index contributed by atoms with van der Waals surface area (Å²) in [6.07, 6.45) is 5.21. The molecule has 0 aliphatic rings. The maximum absolute atomic E-state index is 5.21. The van der Waals surface area contributed by atoms with Crippen molar-refractivity contribution in [1.82, 2.24) is 4.90 Å². The summed E-state index contributed by atoms with van der Waals surface area (Å²) in [5.74, 6) is 2.62. The minimum absolute atomic E-state index is 0.691. The lowest BCUT2D eigenvalue weighted by Gasteiger charge is -2.12. The third-order valence-corrected chi connectivity index (χ3v) is 2.26. The van der Waals surface area contributed by atoms with Gasteiger partial charge in [-0.2, -0.15) is 0 Å². The number of terminal acetylenes is 1. The Morgan fingerprint density at radius 1 is 1.38 bits per heavy atom. The fourth-order valence-corrected chi connectivity index (χ4v) is 1.38. The second kappa shape index (κ2) is 5.06. The minimum Gasteiger partial charge on any atom is -0.291 e. The monoisotopic (exact) mass is 237 g/mol. The van der Waals surface area contributed by atoms with Gasteiger partial charge in [-0.05, 0) is 24.7 Å². The molecule has 68 valence electrons. The van der Waals surface area contributed by atoms with Crippen LogP contribution < -0.4 is 0 Å². The third kappa shape index (κ3) is 3.63. The molecule has 0 aromatic heterocycles. The zero-order valence-electron chi connectivity index (χ0n) is 7.63. The first-order valence-electron chi connectivity index (χ1n) is 4.09. The summed E-state index contributed by atoms with van der Waals surface area (Å²) in [5, 5.41) is 0. The lowest BCUT2D eigenvalue weighted by Crippen LogP contribution is -2.17. The fourth-order valence-electron chi connectivity index (χ4n) is 1.11. The second-order valence-corrected chi connectivity index (χ2v) is 3.92. The Hall–Kier alpha value is -0.780. The van der Waals surface area contributed by atoms with Gasteiger partial charge < -0.3 is 0 Å². The summed E-state index contributed by atoms with van der Waals surface area (Å²) in [4.78, 5) is 2.10. The highest BCUT2D eigenvalue weighted by atomic mass is 79.9. The van der Waals surface area contributed by atoms with E-state index in [1.165, 1.54) is 5.56 Å². The van der Waals surface area contributed by atoms with Crippen molar-refractivity contribution in [3.05, 3.63) is 34.3 Å². The van der Waals surface area contributed by atoms with Gasteiger partial charge in [0, 0.05) is 11.0 Å². The number of hydrogen-bond acceptors (Lipinski definition) is 1. The first-order valence-corrected chi connectivity index (χ1v) is 4.88. The first-order chi connectivity index (χ1) is 6.22. The maximum Gasteiger partial charge on any atom is 0.0599 e. The number of nitrogens with zero attached hydrogens (tertiary/aromatic N) is 1. The number of hydrogen-bond donors (Lipinski definition) is 0. The number of halogens is 1. The van der Waals surface area contributed by atoms with Crippen LogP contribution in [0.2, 0.25) is 0 Å².